The van der Waals surface area contributed by atoms with Gasteiger partial charge in [0, 0.05) is 12.1 Å². The standard InChI is InChI=1S/C7H12ClNO2/c1-2-11-7(10)6-9-5-3-4-8/h3-4,9H,2,5-6H2,1H3. The van der Waals surface area contributed by atoms with Crippen molar-refractivity contribution in [2.45, 2.75) is 6.92 Å². The van der Waals surface area contributed by atoms with Crippen molar-refractivity contribution < 1.29 is 9.53 Å². The second-order valence-corrected chi connectivity index (χ2v) is 2.05. The van der Waals surface area contributed by atoms with E-state index in [1.165, 1.54) is 5.54 Å². The van der Waals surface area contributed by atoms with Gasteiger partial charge in [0.05, 0.1) is 13.2 Å². The molecule has 0 fully saturated rings. The lowest BCUT2D eigenvalue weighted by molar-refractivity contribution is -0.141. The van der Waals surface area contributed by atoms with E-state index in [0.717, 1.165) is 0 Å². The van der Waals surface area contributed by atoms with Gasteiger partial charge in [0.25, 0.3) is 0 Å². The number of hydrogen-bond acceptors (Lipinski definition) is 3. The molecule has 64 valence electrons. The molecule has 0 aliphatic heterocycles. The van der Waals surface area contributed by atoms with E-state index in [1.807, 2.05) is 0 Å². The third-order valence-electron chi connectivity index (χ3n) is 0.926. The van der Waals surface area contributed by atoms with Crippen LogP contribution in [0.4, 0.5) is 0 Å². The molecule has 0 amide bonds. The van der Waals surface area contributed by atoms with Crippen molar-refractivity contribution in [3.63, 3.8) is 0 Å². The Kier molecular flexibility index (Phi) is 7.19. The van der Waals surface area contributed by atoms with Gasteiger partial charge in [0.15, 0.2) is 0 Å². The van der Waals surface area contributed by atoms with Crippen molar-refractivity contribution in [2.24, 2.45) is 0 Å². The lowest BCUT2D eigenvalue weighted by Gasteiger charge is -2.00. The smallest absolute Gasteiger partial charge is 0.319 e. The Morgan fingerprint density at radius 1 is 1.73 bits per heavy atom. The first-order valence-corrected chi connectivity index (χ1v) is 3.86. The van der Waals surface area contributed by atoms with E-state index in [9.17, 15) is 4.79 Å². The number of nitrogens with one attached hydrogen (secondary N) is 1. The molecule has 0 atom stereocenters. The molecule has 0 saturated carbocycles. The fraction of sp³-hybridized carbons (Fsp3) is 0.571. The highest BCUT2D eigenvalue weighted by atomic mass is 35.5. The number of rotatable bonds is 5. The molecule has 0 aromatic carbocycles. The number of carbonyl (C=O) groups is 1. The van der Waals surface area contributed by atoms with Crippen LogP contribution in [-0.2, 0) is 9.53 Å². The van der Waals surface area contributed by atoms with Gasteiger partial charge in [-0.25, -0.2) is 0 Å². The van der Waals surface area contributed by atoms with Crippen molar-refractivity contribution in [1.82, 2.24) is 5.32 Å². The van der Waals surface area contributed by atoms with Crippen LogP contribution in [0, 0.1) is 0 Å². The van der Waals surface area contributed by atoms with Gasteiger partial charge in [-0.1, -0.05) is 17.7 Å². The maximum atomic E-state index is 10.7. The fourth-order valence-electron chi connectivity index (χ4n) is 0.514. The van der Waals surface area contributed by atoms with Crippen LogP contribution < -0.4 is 5.32 Å². The highest BCUT2D eigenvalue weighted by Crippen LogP contribution is 1.77. The number of ether oxygens (including phenoxy) is 1. The molecule has 0 heterocycles. The molecule has 11 heavy (non-hydrogen) atoms. The van der Waals surface area contributed by atoms with Crippen molar-refractivity contribution in [1.29, 1.82) is 0 Å². The summed E-state index contributed by atoms with van der Waals surface area (Å²) in [5, 5.41) is 2.83. The second-order valence-electron chi connectivity index (χ2n) is 1.80. The molecule has 0 saturated heterocycles. The van der Waals surface area contributed by atoms with Gasteiger partial charge in [0.1, 0.15) is 0 Å². The van der Waals surface area contributed by atoms with Crippen molar-refractivity contribution in [2.75, 3.05) is 19.7 Å². The normalized spacial score (nSPS) is 10.4. The fourth-order valence-corrected chi connectivity index (χ4v) is 0.603. The molecule has 0 aromatic rings. The lowest BCUT2D eigenvalue weighted by Crippen LogP contribution is -2.24. The molecule has 0 spiro atoms. The molecule has 1 N–H and O–H groups in total. The monoisotopic (exact) mass is 177 g/mol. The van der Waals surface area contributed by atoms with Crippen molar-refractivity contribution >= 4 is 17.6 Å². The average Bonchev–Trinajstić information content (AvgIpc) is 1.99. The van der Waals surface area contributed by atoms with E-state index in [2.05, 4.69) is 10.1 Å². The summed E-state index contributed by atoms with van der Waals surface area (Å²) in [5.41, 5.74) is 1.40. The van der Waals surface area contributed by atoms with E-state index in [0.29, 0.717) is 13.2 Å². The van der Waals surface area contributed by atoms with Crippen LogP contribution in [-0.4, -0.2) is 25.7 Å². The Hall–Kier alpha value is -0.540. The summed E-state index contributed by atoms with van der Waals surface area (Å²) in [6.07, 6.45) is 1.71. The van der Waals surface area contributed by atoms with Crippen LogP contribution in [0.25, 0.3) is 0 Å². The summed E-state index contributed by atoms with van der Waals surface area (Å²) in [6.45, 7) is 3.01. The number of hydrogen-bond donors (Lipinski definition) is 1. The molecule has 0 rings (SSSR count). The van der Waals surface area contributed by atoms with E-state index < -0.39 is 0 Å². The molecule has 0 aliphatic rings. The molecule has 4 heteroatoms. The van der Waals surface area contributed by atoms with Gasteiger partial charge < -0.3 is 10.1 Å². The van der Waals surface area contributed by atoms with Gasteiger partial charge in [-0.15, -0.1) is 0 Å². The number of halogens is 1. The highest BCUT2D eigenvalue weighted by Gasteiger charge is 1.97. The van der Waals surface area contributed by atoms with Crippen LogP contribution in [0.1, 0.15) is 6.92 Å². The summed E-state index contributed by atoms with van der Waals surface area (Å²) in [5.74, 6) is -0.240. The van der Waals surface area contributed by atoms with E-state index >= 15 is 0 Å². The highest BCUT2D eigenvalue weighted by molar-refractivity contribution is 6.25. The molecule has 3 nitrogen and oxygen atoms in total. The maximum Gasteiger partial charge on any atom is 0.319 e. The quantitative estimate of drug-likeness (QED) is 0.501. The minimum Gasteiger partial charge on any atom is -0.465 e. The largest absolute Gasteiger partial charge is 0.465 e. The van der Waals surface area contributed by atoms with E-state index in [1.54, 1.807) is 13.0 Å². The van der Waals surface area contributed by atoms with Gasteiger partial charge in [-0.2, -0.15) is 0 Å². The Morgan fingerprint density at radius 2 is 2.45 bits per heavy atom. The summed E-state index contributed by atoms with van der Waals surface area (Å²) in [4.78, 5) is 10.7. The van der Waals surface area contributed by atoms with Crippen LogP contribution >= 0.6 is 11.6 Å². The summed E-state index contributed by atoms with van der Waals surface area (Å²) in [7, 11) is 0. The molecule has 0 radical (unpaired) electrons. The molecule has 0 aliphatic carbocycles. The Bertz CT molecular complexity index is 136. The topological polar surface area (TPSA) is 38.3 Å². The van der Waals surface area contributed by atoms with Crippen molar-refractivity contribution in [3.05, 3.63) is 11.6 Å². The van der Waals surface area contributed by atoms with Gasteiger partial charge >= 0.3 is 5.97 Å². The SMILES string of the molecule is CCOC(=O)CNCC=CCl. The Labute approximate surface area is 71.4 Å². The second kappa shape index (κ2) is 7.57. The zero-order valence-corrected chi connectivity index (χ0v) is 7.23. The zero-order valence-electron chi connectivity index (χ0n) is 6.47. The summed E-state index contributed by atoms with van der Waals surface area (Å²) < 4.78 is 4.66. The Morgan fingerprint density at radius 3 is 3.00 bits per heavy atom. The first-order chi connectivity index (χ1) is 5.31. The zero-order chi connectivity index (χ0) is 8.53. The Balaban J connectivity index is 3.17. The third kappa shape index (κ3) is 7.36. The molecular weight excluding hydrogens is 166 g/mol. The van der Waals surface area contributed by atoms with Crippen LogP contribution in [0.15, 0.2) is 11.6 Å². The van der Waals surface area contributed by atoms with Crippen LogP contribution in [0.5, 0.6) is 0 Å². The first kappa shape index (κ1) is 10.5. The molecule has 0 aromatic heterocycles. The number of carbonyl (C=O) groups excluding carboxylic acids is 1. The van der Waals surface area contributed by atoms with E-state index in [4.69, 9.17) is 11.6 Å². The maximum absolute atomic E-state index is 10.7. The molecular formula is C7H12ClNO2. The minimum absolute atomic E-state index is 0.231. The number of esters is 1. The summed E-state index contributed by atoms with van der Waals surface area (Å²) in [6, 6.07) is 0. The van der Waals surface area contributed by atoms with Crippen LogP contribution in [0.2, 0.25) is 0 Å². The third-order valence-corrected chi connectivity index (χ3v) is 1.10. The van der Waals surface area contributed by atoms with Gasteiger partial charge in [-0.05, 0) is 6.92 Å². The predicted octanol–water partition coefficient (Wildman–Crippen LogP) is 0.892. The van der Waals surface area contributed by atoms with Gasteiger partial charge in [0.2, 0.25) is 0 Å². The molecule has 0 bridgehead atoms. The summed E-state index contributed by atoms with van der Waals surface area (Å²) >= 11 is 5.24. The lowest BCUT2D eigenvalue weighted by atomic mass is 10.5. The minimum atomic E-state index is -0.240. The molecule has 0 unspecified atom stereocenters. The van der Waals surface area contributed by atoms with Crippen molar-refractivity contribution in [3.8, 4) is 0 Å². The first-order valence-electron chi connectivity index (χ1n) is 3.42. The van der Waals surface area contributed by atoms with E-state index in [-0.39, 0.29) is 12.5 Å². The van der Waals surface area contributed by atoms with Crippen LogP contribution in [0.3, 0.4) is 0 Å². The average molecular weight is 178 g/mol. The predicted molar refractivity (Wildman–Crippen MR) is 44.5 cm³/mol. The van der Waals surface area contributed by atoms with Gasteiger partial charge in [-0.3, -0.25) is 4.79 Å².